The molecule has 2 aromatic carbocycles. The second-order valence-corrected chi connectivity index (χ2v) is 6.81. The number of hydrogen-bond donors (Lipinski definition) is 2. The van der Waals surface area contributed by atoms with Gasteiger partial charge in [0, 0.05) is 27.6 Å². The first-order chi connectivity index (χ1) is 12.7. The van der Waals surface area contributed by atoms with E-state index in [9.17, 15) is 4.79 Å². The van der Waals surface area contributed by atoms with Crippen LogP contribution < -0.4 is 10.9 Å². The van der Waals surface area contributed by atoms with E-state index in [1.165, 1.54) is 17.4 Å². The summed E-state index contributed by atoms with van der Waals surface area (Å²) < 4.78 is 0. The topological polar surface area (TPSA) is 70.7 Å². The van der Waals surface area contributed by atoms with Crippen LogP contribution in [0.15, 0.2) is 70.8 Å². The lowest BCUT2D eigenvalue weighted by atomic mass is 10.1. The summed E-state index contributed by atoms with van der Waals surface area (Å²) in [4.78, 5) is 23.7. The van der Waals surface area contributed by atoms with E-state index in [0.29, 0.717) is 21.8 Å². The number of benzene rings is 2. The first-order valence-corrected chi connectivity index (χ1v) is 9.08. The maximum absolute atomic E-state index is 12.0. The monoisotopic (exact) mass is 380 g/mol. The molecule has 5 nitrogen and oxygen atoms in total. The van der Waals surface area contributed by atoms with E-state index in [1.807, 2.05) is 47.8 Å². The molecule has 0 fully saturated rings. The molecule has 0 aliphatic heterocycles. The number of nitrogens with one attached hydrogen (secondary N) is 2. The number of thiazole rings is 1. The van der Waals surface area contributed by atoms with Crippen LogP contribution in [-0.4, -0.2) is 15.0 Å². The van der Waals surface area contributed by atoms with E-state index >= 15 is 0 Å². The highest BCUT2D eigenvalue weighted by Gasteiger charge is 2.08. The summed E-state index contributed by atoms with van der Waals surface area (Å²) in [6.45, 7) is 0. The van der Waals surface area contributed by atoms with Gasteiger partial charge in [-0.25, -0.2) is 9.97 Å². The number of rotatable bonds is 4. The van der Waals surface area contributed by atoms with Crippen molar-refractivity contribution < 1.29 is 0 Å². The summed E-state index contributed by atoms with van der Waals surface area (Å²) in [5.41, 5.74) is 3.04. The van der Waals surface area contributed by atoms with Crippen molar-refractivity contribution in [3.8, 4) is 22.5 Å². The predicted molar refractivity (Wildman–Crippen MR) is 106 cm³/mol. The second-order valence-electron chi connectivity index (χ2n) is 5.52. The Balaban J connectivity index is 1.62. The summed E-state index contributed by atoms with van der Waals surface area (Å²) in [6.07, 6.45) is 0. The van der Waals surface area contributed by atoms with Crippen molar-refractivity contribution in [3.05, 3.63) is 81.4 Å². The Kier molecular flexibility index (Phi) is 4.51. The fourth-order valence-corrected chi connectivity index (χ4v) is 3.30. The molecule has 0 saturated heterocycles. The Labute approximate surface area is 158 Å². The number of H-pyrrole nitrogens is 1. The zero-order valence-electron chi connectivity index (χ0n) is 13.4. The van der Waals surface area contributed by atoms with E-state index in [1.54, 1.807) is 12.1 Å². The number of halogens is 1. The van der Waals surface area contributed by atoms with Crippen LogP contribution in [0.5, 0.6) is 0 Å². The third kappa shape index (κ3) is 3.66. The SMILES string of the molecule is O=c1cc(-c2ccc(Cl)cc2)nc(Nc2nc(-c3ccccc3)cs2)[nH]1. The van der Waals surface area contributed by atoms with Crippen LogP contribution in [0.1, 0.15) is 0 Å². The lowest BCUT2D eigenvalue weighted by Gasteiger charge is -2.05. The van der Waals surface area contributed by atoms with Crippen LogP contribution in [0.4, 0.5) is 11.1 Å². The lowest BCUT2D eigenvalue weighted by Crippen LogP contribution is -2.10. The predicted octanol–water partition coefficient (Wildman–Crippen LogP) is 4.96. The van der Waals surface area contributed by atoms with Crippen LogP contribution in [0.25, 0.3) is 22.5 Å². The smallest absolute Gasteiger partial charge is 0.252 e. The molecule has 2 aromatic heterocycles. The van der Waals surface area contributed by atoms with Crippen molar-refractivity contribution in [1.29, 1.82) is 0 Å². The molecule has 0 aliphatic rings. The Morgan fingerprint density at radius 1 is 0.923 bits per heavy atom. The molecule has 2 heterocycles. The number of nitrogens with zero attached hydrogens (tertiary/aromatic N) is 2. The van der Waals surface area contributed by atoms with Gasteiger partial charge in [0.1, 0.15) is 0 Å². The fraction of sp³-hybridized carbons (Fsp3) is 0. The third-order valence-corrected chi connectivity index (χ3v) is 4.69. The van der Waals surface area contributed by atoms with Gasteiger partial charge in [0.2, 0.25) is 5.95 Å². The molecule has 0 amide bonds. The quantitative estimate of drug-likeness (QED) is 0.525. The zero-order chi connectivity index (χ0) is 17.9. The molecule has 0 atom stereocenters. The summed E-state index contributed by atoms with van der Waals surface area (Å²) >= 11 is 7.36. The van der Waals surface area contributed by atoms with Gasteiger partial charge in [0.15, 0.2) is 5.13 Å². The van der Waals surface area contributed by atoms with Crippen molar-refractivity contribution in [2.45, 2.75) is 0 Å². The highest BCUT2D eigenvalue weighted by Crippen LogP contribution is 2.26. The Hall–Kier alpha value is -2.96. The fourth-order valence-electron chi connectivity index (χ4n) is 2.46. The van der Waals surface area contributed by atoms with Crippen molar-refractivity contribution >= 4 is 34.0 Å². The molecule has 2 N–H and O–H groups in total. The normalized spacial score (nSPS) is 10.7. The first kappa shape index (κ1) is 16.5. The Morgan fingerprint density at radius 2 is 1.65 bits per heavy atom. The van der Waals surface area contributed by atoms with Gasteiger partial charge >= 0.3 is 0 Å². The average Bonchev–Trinajstić information content (AvgIpc) is 3.11. The number of aromatic nitrogens is 3. The maximum atomic E-state index is 12.0. The molecule has 0 radical (unpaired) electrons. The molecule has 0 unspecified atom stereocenters. The maximum Gasteiger partial charge on any atom is 0.252 e. The van der Waals surface area contributed by atoms with Gasteiger partial charge in [-0.3, -0.25) is 9.78 Å². The minimum atomic E-state index is -0.243. The van der Waals surface area contributed by atoms with E-state index in [0.717, 1.165) is 16.8 Å². The molecule has 4 aromatic rings. The number of aromatic amines is 1. The highest BCUT2D eigenvalue weighted by atomic mass is 35.5. The highest BCUT2D eigenvalue weighted by molar-refractivity contribution is 7.14. The Morgan fingerprint density at radius 3 is 2.42 bits per heavy atom. The molecule has 26 heavy (non-hydrogen) atoms. The Bertz CT molecular complexity index is 1090. The van der Waals surface area contributed by atoms with Gasteiger partial charge in [-0.1, -0.05) is 54.1 Å². The van der Waals surface area contributed by atoms with Crippen LogP contribution in [0, 0.1) is 0 Å². The summed E-state index contributed by atoms with van der Waals surface area (Å²) in [5, 5.41) is 6.31. The number of anilines is 2. The summed E-state index contributed by atoms with van der Waals surface area (Å²) in [5.74, 6) is 0.344. The second kappa shape index (κ2) is 7.11. The van der Waals surface area contributed by atoms with Crippen LogP contribution >= 0.6 is 22.9 Å². The van der Waals surface area contributed by atoms with E-state index in [-0.39, 0.29) is 5.56 Å². The van der Waals surface area contributed by atoms with Crippen molar-refractivity contribution in [3.63, 3.8) is 0 Å². The summed E-state index contributed by atoms with van der Waals surface area (Å²) in [7, 11) is 0. The van der Waals surface area contributed by atoms with Crippen LogP contribution in [0.3, 0.4) is 0 Å². The van der Waals surface area contributed by atoms with Gasteiger partial charge in [0.25, 0.3) is 5.56 Å². The van der Waals surface area contributed by atoms with E-state index < -0.39 is 0 Å². The summed E-state index contributed by atoms with van der Waals surface area (Å²) in [6, 6.07) is 18.5. The molecular weight excluding hydrogens is 368 g/mol. The van der Waals surface area contributed by atoms with Gasteiger partial charge in [-0.15, -0.1) is 11.3 Å². The van der Waals surface area contributed by atoms with Crippen molar-refractivity contribution in [2.24, 2.45) is 0 Å². The van der Waals surface area contributed by atoms with E-state index in [2.05, 4.69) is 20.3 Å². The van der Waals surface area contributed by atoms with Gasteiger partial charge in [0.05, 0.1) is 11.4 Å². The van der Waals surface area contributed by atoms with Gasteiger partial charge in [-0.2, -0.15) is 0 Å². The van der Waals surface area contributed by atoms with Crippen molar-refractivity contribution in [2.75, 3.05) is 5.32 Å². The molecule has 0 bridgehead atoms. The first-order valence-electron chi connectivity index (χ1n) is 7.83. The van der Waals surface area contributed by atoms with Gasteiger partial charge < -0.3 is 5.32 Å². The molecule has 0 saturated carbocycles. The molecule has 4 rings (SSSR count). The van der Waals surface area contributed by atoms with E-state index in [4.69, 9.17) is 11.6 Å². The third-order valence-electron chi connectivity index (χ3n) is 3.68. The largest absolute Gasteiger partial charge is 0.302 e. The standard InChI is InChI=1S/C19H13ClN4OS/c20-14-8-6-13(7-9-14)15-10-17(25)23-18(21-15)24-19-22-16(11-26-19)12-4-2-1-3-5-12/h1-11H,(H2,21,22,23,24,25). The number of hydrogen-bond acceptors (Lipinski definition) is 5. The van der Waals surface area contributed by atoms with Gasteiger partial charge in [-0.05, 0) is 12.1 Å². The van der Waals surface area contributed by atoms with Crippen molar-refractivity contribution in [1.82, 2.24) is 15.0 Å². The molecule has 0 spiro atoms. The average molecular weight is 381 g/mol. The minimum Gasteiger partial charge on any atom is -0.302 e. The minimum absolute atomic E-state index is 0.243. The molecule has 7 heteroatoms. The van der Waals surface area contributed by atoms with Crippen LogP contribution in [0.2, 0.25) is 5.02 Å². The molecule has 128 valence electrons. The molecule has 0 aliphatic carbocycles. The lowest BCUT2D eigenvalue weighted by molar-refractivity contribution is 1.12. The molecular formula is C19H13ClN4OS. The zero-order valence-corrected chi connectivity index (χ0v) is 15.0. The van der Waals surface area contributed by atoms with Crippen LogP contribution in [-0.2, 0) is 0 Å².